The summed E-state index contributed by atoms with van der Waals surface area (Å²) in [4.78, 5) is 0. The second-order valence-corrected chi connectivity index (χ2v) is 7.66. The maximum absolute atomic E-state index is 6.26. The molecular weight excluding hydrogens is 235 g/mol. The molecule has 18 heavy (non-hydrogen) atoms. The van der Waals surface area contributed by atoms with Crippen LogP contribution in [0.25, 0.3) is 0 Å². The summed E-state index contributed by atoms with van der Waals surface area (Å²) in [5, 5.41) is 2.65. The topological polar surface area (TPSA) is 9.23 Å². The molecule has 0 saturated heterocycles. The van der Waals surface area contributed by atoms with Crippen LogP contribution >= 0.6 is 0 Å². The standard InChI is InChI=1S/C8H10O.2C4H9.Al/c1-2-7-3-5-8(9)6-4-7;2*1-3-4-2;/h3-6,9H,2H2,1H3;2*1,3-4H2,2H3;/q;;;+1/p-1. The zero-order chi connectivity index (χ0) is 13.2. The first kappa shape index (κ1) is 15.6. The van der Waals surface area contributed by atoms with Gasteiger partial charge >= 0.3 is 14.5 Å². The van der Waals surface area contributed by atoms with Crippen molar-refractivity contribution in [3.05, 3.63) is 29.8 Å². The third kappa shape index (κ3) is 5.94. The number of benzene rings is 1. The minimum absolute atomic E-state index is 1.02. The van der Waals surface area contributed by atoms with Crippen LogP contribution in [0.3, 0.4) is 0 Å². The minimum Gasteiger partial charge on any atom is -0.643 e. The quantitative estimate of drug-likeness (QED) is 0.554. The van der Waals surface area contributed by atoms with E-state index < -0.39 is 14.5 Å². The van der Waals surface area contributed by atoms with Gasteiger partial charge in [-0.05, 0) is 24.1 Å². The van der Waals surface area contributed by atoms with Crippen LogP contribution in [-0.4, -0.2) is 14.5 Å². The Kier molecular flexibility index (Phi) is 8.22. The maximum atomic E-state index is 6.26. The van der Waals surface area contributed by atoms with Gasteiger partial charge in [0.2, 0.25) is 0 Å². The van der Waals surface area contributed by atoms with Gasteiger partial charge in [0.1, 0.15) is 0 Å². The van der Waals surface area contributed by atoms with Crippen molar-refractivity contribution >= 4 is 14.5 Å². The van der Waals surface area contributed by atoms with Crippen LogP contribution in [0.4, 0.5) is 0 Å². The van der Waals surface area contributed by atoms with Gasteiger partial charge in [-0.25, -0.2) is 0 Å². The monoisotopic (exact) mass is 262 g/mol. The molecule has 0 N–H and O–H groups in total. The van der Waals surface area contributed by atoms with E-state index in [1.807, 2.05) is 0 Å². The van der Waals surface area contributed by atoms with Crippen LogP contribution in [0.15, 0.2) is 24.3 Å². The maximum Gasteiger partial charge on any atom is 0.546 e. The number of aryl methyl sites for hydroxylation is 1. The van der Waals surface area contributed by atoms with E-state index in [0.29, 0.717) is 0 Å². The molecule has 0 aromatic heterocycles. The van der Waals surface area contributed by atoms with Gasteiger partial charge in [0, 0.05) is 0 Å². The Balaban J connectivity index is 2.51. The molecule has 100 valence electrons. The van der Waals surface area contributed by atoms with Gasteiger partial charge in [-0.2, -0.15) is 0 Å². The van der Waals surface area contributed by atoms with Crippen molar-refractivity contribution in [3.8, 4) is 5.75 Å². The zero-order valence-electron chi connectivity index (χ0n) is 12.2. The molecule has 1 rings (SSSR count). The second-order valence-electron chi connectivity index (χ2n) is 5.02. The average molecular weight is 262 g/mol. The molecule has 0 fully saturated rings. The molecule has 0 amide bonds. The normalized spacial score (nSPS) is 10.4. The van der Waals surface area contributed by atoms with E-state index in [1.54, 1.807) is 0 Å². The van der Waals surface area contributed by atoms with Gasteiger partial charge < -0.3 is 3.79 Å². The third-order valence-corrected chi connectivity index (χ3v) is 6.10. The Morgan fingerprint density at radius 3 is 1.89 bits per heavy atom. The van der Waals surface area contributed by atoms with Crippen molar-refractivity contribution in [2.75, 3.05) is 0 Å². The van der Waals surface area contributed by atoms with Crippen LogP contribution in [0.2, 0.25) is 10.6 Å². The first-order valence-corrected chi connectivity index (χ1v) is 9.66. The van der Waals surface area contributed by atoms with Crippen molar-refractivity contribution < 1.29 is 3.79 Å². The summed E-state index contributed by atoms with van der Waals surface area (Å²) >= 11 is -1.02. The fourth-order valence-electron chi connectivity index (χ4n) is 2.12. The lowest BCUT2D eigenvalue weighted by Crippen LogP contribution is -2.21. The molecule has 0 radical (unpaired) electrons. The molecule has 0 atom stereocenters. The summed E-state index contributed by atoms with van der Waals surface area (Å²) in [6.45, 7) is 6.72. The Morgan fingerprint density at radius 1 is 0.889 bits per heavy atom. The van der Waals surface area contributed by atoms with Crippen molar-refractivity contribution in [3.63, 3.8) is 0 Å². The van der Waals surface area contributed by atoms with Crippen LogP contribution in [-0.2, 0) is 6.42 Å². The predicted molar refractivity (Wildman–Crippen MR) is 81.6 cm³/mol. The van der Waals surface area contributed by atoms with E-state index in [1.165, 1.54) is 41.8 Å². The molecule has 1 aromatic rings. The fraction of sp³-hybridized carbons (Fsp3) is 0.625. The molecule has 1 aromatic carbocycles. The molecule has 0 aliphatic rings. The van der Waals surface area contributed by atoms with Gasteiger partial charge in [-0.15, -0.1) is 0 Å². The molecule has 0 aliphatic carbocycles. The summed E-state index contributed by atoms with van der Waals surface area (Å²) in [6, 6.07) is 8.69. The molecule has 0 spiro atoms. The fourth-order valence-corrected chi connectivity index (χ4v) is 4.92. The van der Waals surface area contributed by atoms with Gasteiger partial charge in [-0.1, -0.05) is 69.2 Å². The number of rotatable bonds is 9. The second kappa shape index (κ2) is 9.48. The van der Waals surface area contributed by atoms with E-state index >= 15 is 0 Å². The molecule has 1 nitrogen and oxygen atoms in total. The summed E-state index contributed by atoms with van der Waals surface area (Å²) in [5.41, 5.74) is 1.39. The van der Waals surface area contributed by atoms with E-state index in [4.69, 9.17) is 3.79 Å². The highest BCUT2D eigenvalue weighted by Gasteiger charge is 2.21. The SMILES string of the molecule is CCC[CH2][Al]([CH2]CCC)[O]c1ccc(CC)cc1. The molecular formula is C16H27AlO. The minimum atomic E-state index is -1.02. The van der Waals surface area contributed by atoms with E-state index in [0.717, 1.165) is 12.2 Å². The smallest absolute Gasteiger partial charge is 0.546 e. The molecule has 0 aliphatic heterocycles. The highest BCUT2D eigenvalue weighted by Crippen LogP contribution is 2.18. The first-order chi connectivity index (χ1) is 8.80. The van der Waals surface area contributed by atoms with Gasteiger partial charge in [0.05, 0.1) is 5.75 Å². The van der Waals surface area contributed by atoms with Crippen LogP contribution in [0.1, 0.15) is 52.0 Å². The molecule has 0 bridgehead atoms. The number of hydrogen-bond acceptors (Lipinski definition) is 1. The van der Waals surface area contributed by atoms with Crippen molar-refractivity contribution in [2.24, 2.45) is 0 Å². The Hall–Kier alpha value is -0.448. The largest absolute Gasteiger partial charge is 0.643 e. The number of unbranched alkanes of at least 4 members (excludes halogenated alkanes) is 2. The van der Waals surface area contributed by atoms with E-state index in [2.05, 4.69) is 45.0 Å². The Morgan fingerprint density at radius 2 is 1.44 bits per heavy atom. The third-order valence-electron chi connectivity index (χ3n) is 3.39. The average Bonchev–Trinajstić information content (AvgIpc) is 2.42. The summed E-state index contributed by atoms with van der Waals surface area (Å²) in [6.07, 6.45) is 6.33. The van der Waals surface area contributed by atoms with Crippen molar-refractivity contribution in [1.29, 1.82) is 0 Å². The van der Waals surface area contributed by atoms with Crippen molar-refractivity contribution in [1.82, 2.24) is 0 Å². The van der Waals surface area contributed by atoms with Crippen molar-refractivity contribution in [2.45, 2.75) is 63.4 Å². The highest BCUT2D eigenvalue weighted by molar-refractivity contribution is 6.52. The molecule has 0 heterocycles. The zero-order valence-corrected chi connectivity index (χ0v) is 13.4. The summed E-state index contributed by atoms with van der Waals surface area (Å²) < 4.78 is 6.26. The number of hydrogen-bond donors (Lipinski definition) is 0. The molecule has 0 unspecified atom stereocenters. The van der Waals surface area contributed by atoms with E-state index in [-0.39, 0.29) is 0 Å². The first-order valence-electron chi connectivity index (χ1n) is 7.55. The summed E-state index contributed by atoms with van der Waals surface area (Å²) in [7, 11) is 0. The van der Waals surface area contributed by atoms with Gasteiger partial charge in [0.25, 0.3) is 0 Å². The molecule has 0 saturated carbocycles. The lowest BCUT2D eigenvalue weighted by Gasteiger charge is -2.15. The Labute approximate surface area is 117 Å². The highest BCUT2D eigenvalue weighted by atomic mass is 27.2. The lowest BCUT2D eigenvalue weighted by atomic mass is 10.2. The lowest BCUT2D eigenvalue weighted by molar-refractivity contribution is 0.552. The molecule has 2 heteroatoms. The van der Waals surface area contributed by atoms with Crippen LogP contribution < -0.4 is 3.79 Å². The predicted octanol–water partition coefficient (Wildman–Crippen LogP) is 5.22. The van der Waals surface area contributed by atoms with Gasteiger partial charge in [0.15, 0.2) is 0 Å². The van der Waals surface area contributed by atoms with Crippen LogP contribution in [0, 0.1) is 0 Å². The van der Waals surface area contributed by atoms with E-state index in [9.17, 15) is 0 Å². The Bertz CT molecular complexity index is 299. The summed E-state index contributed by atoms with van der Waals surface area (Å²) in [5.74, 6) is 1.09. The van der Waals surface area contributed by atoms with Crippen LogP contribution in [0.5, 0.6) is 5.75 Å². The van der Waals surface area contributed by atoms with Gasteiger partial charge in [-0.3, -0.25) is 0 Å².